The molecule has 56 valence electrons. The molecule has 2 nitrogen and oxygen atoms in total. The van der Waals surface area contributed by atoms with Crippen LogP contribution in [-0.4, -0.2) is 18.9 Å². The molecule has 1 aromatic carbocycles. The van der Waals surface area contributed by atoms with Crippen molar-refractivity contribution in [2.24, 2.45) is 0 Å². The molecule has 0 aliphatic heterocycles. The van der Waals surface area contributed by atoms with Crippen LogP contribution in [0, 0.1) is 0 Å². The molecule has 0 spiro atoms. The van der Waals surface area contributed by atoms with Gasteiger partial charge in [0.05, 0.1) is 0 Å². The predicted octanol–water partition coefficient (Wildman–Crippen LogP) is -0.104. The Labute approximate surface area is 66.1 Å². The van der Waals surface area contributed by atoms with Gasteiger partial charge < -0.3 is 0 Å². The van der Waals surface area contributed by atoms with Crippen LogP contribution in [0.25, 0.3) is 0 Å². The standard InChI is InChI=1S/C8H9BO2/c10-6-5-7-1-3-8(9-11)4-2-7/h1-4,10H,5-6H2. The molecular formula is C8H9BO2. The van der Waals surface area contributed by atoms with E-state index in [-0.39, 0.29) is 6.61 Å². The first-order valence-corrected chi connectivity index (χ1v) is 3.52. The summed E-state index contributed by atoms with van der Waals surface area (Å²) in [4.78, 5) is 0. The van der Waals surface area contributed by atoms with Crippen LogP contribution in [0.15, 0.2) is 24.3 Å². The number of rotatable bonds is 3. The zero-order valence-electron chi connectivity index (χ0n) is 6.16. The maximum absolute atomic E-state index is 10.2. The van der Waals surface area contributed by atoms with E-state index >= 15 is 0 Å². The van der Waals surface area contributed by atoms with Crippen LogP contribution in [0.3, 0.4) is 0 Å². The van der Waals surface area contributed by atoms with E-state index in [0.29, 0.717) is 11.9 Å². The number of hydrogen-bond acceptors (Lipinski definition) is 2. The quantitative estimate of drug-likeness (QED) is 0.607. The van der Waals surface area contributed by atoms with E-state index in [1.54, 1.807) is 12.1 Å². The molecule has 1 N–H and O–H groups in total. The maximum atomic E-state index is 10.2. The van der Waals surface area contributed by atoms with Crippen molar-refractivity contribution < 1.29 is 9.81 Å². The fourth-order valence-electron chi connectivity index (χ4n) is 0.892. The normalized spacial score (nSPS) is 9.18. The van der Waals surface area contributed by atoms with Gasteiger partial charge >= 0.3 is 65.3 Å². The van der Waals surface area contributed by atoms with Gasteiger partial charge in [-0.25, -0.2) is 0 Å². The molecule has 0 radical (unpaired) electrons. The SMILES string of the molecule is O=Bc1ccc(CCO)cc1. The summed E-state index contributed by atoms with van der Waals surface area (Å²) >= 11 is 0. The van der Waals surface area contributed by atoms with Gasteiger partial charge in [-0.15, -0.1) is 0 Å². The molecule has 0 amide bonds. The second-order valence-corrected chi connectivity index (χ2v) is 2.33. The van der Waals surface area contributed by atoms with Crippen molar-refractivity contribution in [2.45, 2.75) is 6.42 Å². The summed E-state index contributed by atoms with van der Waals surface area (Å²) in [6, 6.07) is 7.19. The first-order chi connectivity index (χ1) is 5.36. The van der Waals surface area contributed by atoms with Crippen molar-refractivity contribution >= 4 is 12.6 Å². The third-order valence-corrected chi connectivity index (χ3v) is 1.52. The molecule has 0 saturated carbocycles. The fourth-order valence-corrected chi connectivity index (χ4v) is 0.892. The van der Waals surface area contributed by atoms with Gasteiger partial charge in [0.15, 0.2) is 0 Å². The molecular weight excluding hydrogens is 139 g/mol. The Bertz CT molecular complexity index is 230. The molecule has 1 aromatic rings. The molecule has 0 saturated heterocycles. The van der Waals surface area contributed by atoms with Crippen molar-refractivity contribution in [3.8, 4) is 0 Å². The summed E-state index contributed by atoms with van der Waals surface area (Å²) in [7, 11) is 0.808. The van der Waals surface area contributed by atoms with E-state index in [4.69, 9.17) is 5.11 Å². The van der Waals surface area contributed by atoms with E-state index in [1.807, 2.05) is 12.1 Å². The Balaban J connectivity index is 2.74. The molecule has 1 rings (SSSR count). The van der Waals surface area contributed by atoms with Crippen molar-refractivity contribution in [2.75, 3.05) is 6.61 Å². The van der Waals surface area contributed by atoms with Crippen LogP contribution in [0.1, 0.15) is 5.56 Å². The topological polar surface area (TPSA) is 37.3 Å². The number of benzene rings is 1. The Hall–Kier alpha value is -0.955. The van der Waals surface area contributed by atoms with Crippen LogP contribution < -0.4 is 5.46 Å². The Morgan fingerprint density at radius 3 is 2.36 bits per heavy atom. The van der Waals surface area contributed by atoms with E-state index < -0.39 is 0 Å². The molecule has 0 aromatic heterocycles. The van der Waals surface area contributed by atoms with Gasteiger partial charge in [0, 0.05) is 0 Å². The van der Waals surface area contributed by atoms with E-state index in [2.05, 4.69) is 0 Å². The molecule has 0 heterocycles. The van der Waals surface area contributed by atoms with Gasteiger partial charge in [-0.3, -0.25) is 0 Å². The molecule has 0 bridgehead atoms. The average molecular weight is 148 g/mol. The number of aliphatic hydroxyl groups is 1. The predicted molar refractivity (Wildman–Crippen MR) is 43.3 cm³/mol. The van der Waals surface area contributed by atoms with Gasteiger partial charge in [0.25, 0.3) is 0 Å². The summed E-state index contributed by atoms with van der Waals surface area (Å²) in [6.07, 6.45) is 0.652. The van der Waals surface area contributed by atoms with Crippen molar-refractivity contribution in [1.29, 1.82) is 0 Å². The minimum absolute atomic E-state index is 0.153. The van der Waals surface area contributed by atoms with E-state index in [1.165, 1.54) is 0 Å². The molecule has 11 heavy (non-hydrogen) atoms. The van der Waals surface area contributed by atoms with Gasteiger partial charge in [-0.1, -0.05) is 0 Å². The minimum atomic E-state index is 0.153. The van der Waals surface area contributed by atoms with Crippen LogP contribution in [0.5, 0.6) is 0 Å². The van der Waals surface area contributed by atoms with Crippen molar-refractivity contribution in [1.82, 2.24) is 0 Å². The average Bonchev–Trinajstić information content (AvgIpc) is 2.07. The second kappa shape index (κ2) is 4.03. The Morgan fingerprint density at radius 2 is 1.91 bits per heavy atom. The number of aliphatic hydroxyl groups excluding tert-OH is 1. The molecule has 0 aliphatic rings. The molecule has 0 fully saturated rings. The van der Waals surface area contributed by atoms with Gasteiger partial charge in [-0.05, 0) is 0 Å². The summed E-state index contributed by atoms with van der Waals surface area (Å²) in [6.45, 7) is 0.153. The first-order valence-electron chi connectivity index (χ1n) is 3.52. The molecule has 3 heteroatoms. The van der Waals surface area contributed by atoms with Gasteiger partial charge in [0.1, 0.15) is 0 Å². The third-order valence-electron chi connectivity index (χ3n) is 1.52. The van der Waals surface area contributed by atoms with Crippen LogP contribution in [0.4, 0.5) is 0 Å². The van der Waals surface area contributed by atoms with E-state index in [9.17, 15) is 4.70 Å². The molecule has 0 aliphatic carbocycles. The fraction of sp³-hybridized carbons (Fsp3) is 0.250. The second-order valence-electron chi connectivity index (χ2n) is 2.33. The third kappa shape index (κ3) is 2.28. The first kappa shape index (κ1) is 8.14. The van der Waals surface area contributed by atoms with Crippen LogP contribution in [0.2, 0.25) is 0 Å². The molecule has 0 unspecified atom stereocenters. The van der Waals surface area contributed by atoms with Gasteiger partial charge in [-0.2, -0.15) is 0 Å². The summed E-state index contributed by atoms with van der Waals surface area (Å²) < 4.78 is 10.2. The molecule has 0 atom stereocenters. The zero-order valence-corrected chi connectivity index (χ0v) is 6.16. The number of hydrogen-bond donors (Lipinski definition) is 1. The summed E-state index contributed by atoms with van der Waals surface area (Å²) in [5.74, 6) is 0. The monoisotopic (exact) mass is 148 g/mol. The van der Waals surface area contributed by atoms with Crippen molar-refractivity contribution in [3.63, 3.8) is 0 Å². The van der Waals surface area contributed by atoms with Crippen LogP contribution >= 0.6 is 0 Å². The summed E-state index contributed by atoms with van der Waals surface area (Å²) in [5.41, 5.74) is 1.73. The Kier molecular flexibility index (Phi) is 2.99. The zero-order chi connectivity index (χ0) is 8.10. The van der Waals surface area contributed by atoms with Crippen LogP contribution in [-0.2, 0) is 11.1 Å². The van der Waals surface area contributed by atoms with Crippen molar-refractivity contribution in [3.05, 3.63) is 29.8 Å². The van der Waals surface area contributed by atoms with E-state index in [0.717, 1.165) is 12.7 Å². The Morgan fingerprint density at radius 1 is 1.27 bits per heavy atom. The summed E-state index contributed by atoms with van der Waals surface area (Å²) in [5, 5.41) is 8.58. The van der Waals surface area contributed by atoms with Gasteiger partial charge in [0.2, 0.25) is 0 Å².